The zero-order valence-corrected chi connectivity index (χ0v) is 38.7. The molecule has 4 aliphatic rings. The number of rotatable bonds is 11. The first-order valence-electron chi connectivity index (χ1n) is 23.0. The molecule has 0 spiro atoms. The summed E-state index contributed by atoms with van der Waals surface area (Å²) in [4.78, 5) is 63.1. The number of carbonyl (C=O) groups is 3. The van der Waals surface area contributed by atoms with Crippen LogP contribution in [0.3, 0.4) is 0 Å². The zero-order chi connectivity index (χ0) is 46.3. The van der Waals surface area contributed by atoms with Gasteiger partial charge in [-0.3, -0.25) is 14.4 Å². The minimum absolute atomic E-state index is 0.0207. The molecule has 2 aromatic carbocycles. The number of para-hydroxylation sites is 1. The molecule has 4 fully saturated rings. The Balaban J connectivity index is 0.781. The first-order chi connectivity index (χ1) is 31.7. The number of hydrogen-bond donors (Lipinski definition) is 5. The molecule has 5 atom stereocenters. The van der Waals surface area contributed by atoms with Crippen molar-refractivity contribution < 1.29 is 24.6 Å². The molecular weight excluding hydrogens is 855 g/mol. The fourth-order valence-electron chi connectivity index (χ4n) is 10.3. The number of aromatic nitrogens is 5. The molecule has 3 saturated heterocycles. The molecule has 9 rings (SSSR count). The van der Waals surface area contributed by atoms with Gasteiger partial charge in [0.15, 0.2) is 5.82 Å². The van der Waals surface area contributed by atoms with Crippen molar-refractivity contribution in [3.05, 3.63) is 89.3 Å². The number of piperazine rings is 1. The third kappa shape index (κ3) is 9.27. The van der Waals surface area contributed by atoms with Crippen LogP contribution in [0, 0.1) is 18.3 Å². The number of carbonyl (C=O) groups excluding carboxylic acids is 3. The van der Waals surface area contributed by atoms with Gasteiger partial charge in [0.1, 0.15) is 17.8 Å². The Morgan fingerprint density at radius 1 is 0.894 bits per heavy atom. The molecule has 17 heteroatoms. The summed E-state index contributed by atoms with van der Waals surface area (Å²) < 4.78 is 0. The summed E-state index contributed by atoms with van der Waals surface area (Å²) in [6, 6.07) is 15.6. The number of nitrogen functional groups attached to an aromatic ring is 1. The number of anilines is 3. The van der Waals surface area contributed by atoms with Crippen LogP contribution < -0.4 is 26.2 Å². The molecule has 1 aliphatic carbocycles. The number of nitrogens with one attached hydrogen (secondary N) is 2. The number of hydrogen-bond acceptors (Lipinski definition) is 14. The van der Waals surface area contributed by atoms with Crippen LogP contribution in [0.4, 0.5) is 17.5 Å². The molecule has 6 N–H and O–H groups in total. The minimum atomic E-state index is -0.885. The highest BCUT2D eigenvalue weighted by molar-refractivity contribution is 7.13. The maximum atomic E-state index is 14.3. The van der Waals surface area contributed by atoms with E-state index in [0.717, 1.165) is 71.7 Å². The van der Waals surface area contributed by atoms with E-state index >= 15 is 0 Å². The largest absolute Gasteiger partial charge is 0.507 e. The quantitative estimate of drug-likeness (QED) is 0.109. The maximum absolute atomic E-state index is 14.3. The number of phenolic OH excluding ortho intramolecular Hbond substituents is 1. The summed E-state index contributed by atoms with van der Waals surface area (Å²) in [7, 11) is 0. The smallest absolute Gasteiger partial charge is 0.246 e. The van der Waals surface area contributed by atoms with E-state index in [4.69, 9.17) is 15.7 Å². The molecule has 3 amide bonds. The number of likely N-dealkylation sites (tertiary alicyclic amines) is 1. The van der Waals surface area contributed by atoms with E-state index < -0.39 is 23.6 Å². The van der Waals surface area contributed by atoms with Crippen LogP contribution in [0.15, 0.2) is 72.5 Å². The van der Waals surface area contributed by atoms with Crippen LogP contribution in [0.1, 0.15) is 88.5 Å². The number of amides is 3. The number of nitrogens with zero attached hydrogens (tertiary/aromatic N) is 8. The summed E-state index contributed by atoms with van der Waals surface area (Å²) in [5, 5.41) is 35.7. The summed E-state index contributed by atoms with van der Waals surface area (Å²) in [6.07, 6.45) is 8.06. The van der Waals surface area contributed by atoms with Crippen LogP contribution in [-0.2, 0) is 20.9 Å². The monoisotopic (exact) mass is 913 g/mol. The number of phenols is 1. The van der Waals surface area contributed by atoms with Crippen molar-refractivity contribution in [2.75, 3.05) is 35.2 Å². The fourth-order valence-corrected chi connectivity index (χ4v) is 11.1. The highest BCUT2D eigenvalue weighted by Crippen LogP contribution is 2.40. The Bertz CT molecular complexity index is 2540. The molecule has 16 nitrogen and oxygen atoms in total. The molecule has 346 valence electrons. The van der Waals surface area contributed by atoms with Crippen molar-refractivity contribution in [2.45, 2.75) is 115 Å². The summed E-state index contributed by atoms with van der Waals surface area (Å²) in [5.74, 6) is 0.284. The number of aryl methyl sites for hydroxylation is 1. The van der Waals surface area contributed by atoms with Gasteiger partial charge in [0.25, 0.3) is 0 Å². The van der Waals surface area contributed by atoms with E-state index in [2.05, 4.69) is 35.6 Å². The number of thiazole rings is 1. The van der Waals surface area contributed by atoms with E-state index in [9.17, 15) is 24.6 Å². The number of aromatic hydroxyl groups is 1. The van der Waals surface area contributed by atoms with Crippen LogP contribution in [0.5, 0.6) is 5.75 Å². The SMILES string of the molecule is Cc1ncsc1-c1ccc(CNC(=O)[C@@H]2C[C@@H](O)CN2C(=O)[C@@H](NC(=O)C2CCC(c3cnc(N4C5CCC4CN(c4cc(-c6ccccc6O)nnc4N)C5)nc3)CC2)C(C)(C)C)cc1. The average Bonchev–Trinajstić information content (AvgIpc) is 4.01. The van der Waals surface area contributed by atoms with Gasteiger partial charge >= 0.3 is 0 Å². The molecule has 1 saturated carbocycles. The molecule has 6 heterocycles. The van der Waals surface area contributed by atoms with E-state index in [1.54, 1.807) is 23.5 Å². The second kappa shape index (κ2) is 18.6. The minimum Gasteiger partial charge on any atom is -0.507 e. The summed E-state index contributed by atoms with van der Waals surface area (Å²) in [5.41, 5.74) is 13.5. The lowest BCUT2D eigenvalue weighted by Crippen LogP contribution is -2.58. The number of aliphatic hydroxyl groups is 1. The van der Waals surface area contributed by atoms with E-state index in [1.807, 2.05) is 88.1 Å². The highest BCUT2D eigenvalue weighted by atomic mass is 32.1. The summed E-state index contributed by atoms with van der Waals surface area (Å²) in [6.45, 7) is 9.45. The Morgan fingerprint density at radius 2 is 1.59 bits per heavy atom. The molecule has 2 bridgehead atoms. The predicted octanol–water partition coefficient (Wildman–Crippen LogP) is 5.59. The molecule has 5 aromatic rings. The van der Waals surface area contributed by atoms with Gasteiger partial charge in [-0.1, -0.05) is 57.2 Å². The van der Waals surface area contributed by atoms with Gasteiger partial charge in [0.05, 0.1) is 33.6 Å². The Labute approximate surface area is 389 Å². The van der Waals surface area contributed by atoms with E-state index in [0.29, 0.717) is 35.9 Å². The van der Waals surface area contributed by atoms with Gasteiger partial charge in [0.2, 0.25) is 23.7 Å². The van der Waals surface area contributed by atoms with Gasteiger partial charge in [-0.25, -0.2) is 15.0 Å². The number of fused-ring (bicyclic) bond motifs is 2. The van der Waals surface area contributed by atoms with Crippen molar-refractivity contribution in [3.8, 4) is 27.4 Å². The third-order valence-electron chi connectivity index (χ3n) is 14.0. The second-order valence-corrected chi connectivity index (χ2v) is 20.3. The number of aliphatic hydroxyl groups excluding tert-OH is 1. The topological polar surface area (TPSA) is 216 Å². The maximum Gasteiger partial charge on any atom is 0.246 e. The standard InChI is InChI=1S/C49H59N11O5S/c1-28-42(66-27-54-28)31-11-9-29(10-12-31)21-51-46(64)40-19-36(61)26-59(40)47(65)43(49(2,3)4)55-45(63)32-15-13-30(14-16-32)33-22-52-48(53-23-33)60-34-17-18-35(60)25-58(24-34)39-20-38(56-57-44(39)50)37-7-5-6-8-41(37)62/h5-12,20,22-23,27,30,32,34-36,40,43,61-62H,13-19,21,24-26H2,1-4H3,(H2,50,57)(H,51,64)(H,55,63)/t30?,32?,34?,35?,36-,40+,43-/m1/s1. The molecule has 3 aliphatic heterocycles. The highest BCUT2D eigenvalue weighted by Gasteiger charge is 2.46. The van der Waals surface area contributed by atoms with E-state index in [-0.39, 0.29) is 66.9 Å². The molecule has 2 unspecified atom stereocenters. The Kier molecular flexibility index (Phi) is 12.7. The van der Waals surface area contributed by atoms with Crippen molar-refractivity contribution in [1.29, 1.82) is 0 Å². The van der Waals surface area contributed by atoms with Crippen LogP contribution in [0.25, 0.3) is 21.7 Å². The normalized spacial score (nSPS) is 23.4. The van der Waals surface area contributed by atoms with Gasteiger partial charge in [-0.05, 0) is 91.7 Å². The van der Waals surface area contributed by atoms with Gasteiger partial charge in [-0.15, -0.1) is 21.5 Å². The first-order valence-corrected chi connectivity index (χ1v) is 23.9. The van der Waals surface area contributed by atoms with Crippen molar-refractivity contribution in [1.82, 2.24) is 40.7 Å². The Morgan fingerprint density at radius 3 is 2.24 bits per heavy atom. The average molecular weight is 914 g/mol. The fraction of sp³-hybridized carbons (Fsp3) is 0.469. The number of nitrogens with two attached hydrogens (primary N) is 1. The third-order valence-corrected chi connectivity index (χ3v) is 14.9. The lowest BCUT2D eigenvalue weighted by atomic mass is 9.78. The van der Waals surface area contributed by atoms with Crippen LogP contribution >= 0.6 is 11.3 Å². The number of β-amino-alcohol motifs (C(OH)–C–C–N with tert-alkyl or cyclic N) is 1. The van der Waals surface area contributed by atoms with Crippen molar-refractivity contribution >= 4 is 46.5 Å². The van der Waals surface area contributed by atoms with Gasteiger partial charge in [0, 0.05) is 68.6 Å². The molecule has 66 heavy (non-hydrogen) atoms. The molecule has 0 radical (unpaired) electrons. The van der Waals surface area contributed by atoms with Gasteiger partial charge in [-0.2, -0.15) is 0 Å². The first kappa shape index (κ1) is 45.0. The van der Waals surface area contributed by atoms with Crippen molar-refractivity contribution in [2.24, 2.45) is 11.3 Å². The van der Waals surface area contributed by atoms with Gasteiger partial charge < -0.3 is 41.3 Å². The number of benzene rings is 2. The lowest BCUT2D eigenvalue weighted by molar-refractivity contribution is -0.144. The predicted molar refractivity (Wildman–Crippen MR) is 253 cm³/mol. The second-order valence-electron chi connectivity index (χ2n) is 19.5. The Hall–Kier alpha value is -6.20. The summed E-state index contributed by atoms with van der Waals surface area (Å²) >= 11 is 1.58. The zero-order valence-electron chi connectivity index (χ0n) is 37.9. The molecular formula is C49H59N11O5S. The van der Waals surface area contributed by atoms with Crippen LogP contribution in [0.2, 0.25) is 0 Å². The van der Waals surface area contributed by atoms with Crippen LogP contribution in [-0.4, -0.2) is 108 Å². The van der Waals surface area contributed by atoms with E-state index in [1.165, 1.54) is 4.90 Å². The molecule has 3 aromatic heterocycles. The lowest BCUT2D eigenvalue weighted by Gasteiger charge is -2.42. The van der Waals surface area contributed by atoms with Crippen molar-refractivity contribution in [3.63, 3.8) is 0 Å².